The van der Waals surface area contributed by atoms with Gasteiger partial charge in [0.2, 0.25) is 0 Å². The van der Waals surface area contributed by atoms with Crippen molar-refractivity contribution >= 4 is 47.3 Å². The summed E-state index contributed by atoms with van der Waals surface area (Å²) in [7, 11) is -13.0. The standard InChI is InChI=1S/C45H68N2O16S3/c1-6-46(17-9-31-65(52,53)54)35-12-14-38-39(44(2,3)4)33-36(63-42(38)32-35)10-7-11-43-45(5,16-8-30-64(49,50)51)40-34-37(66(55,56)57)13-15-41(40)47(43)18-20-58-22-24-60-26-28-62-29-27-61-25-23-59-21-19-48/h7,10-15,32-34,36,48H,6,8-9,16-31H2,1-5H3,(H,49,50,51)(H,52,53,54)(H,55,56,57)/b10-7+,43-11+. The minimum Gasteiger partial charge on any atom is -0.482 e. The van der Waals surface area contributed by atoms with Gasteiger partial charge in [0.15, 0.2) is 0 Å². The molecule has 2 aliphatic heterocycles. The van der Waals surface area contributed by atoms with Gasteiger partial charge in [0.05, 0.1) is 89.1 Å². The number of ether oxygens (including phenoxy) is 6. The maximum Gasteiger partial charge on any atom is 0.294 e. The van der Waals surface area contributed by atoms with E-state index in [1.807, 2.05) is 66.2 Å². The number of rotatable bonds is 30. The van der Waals surface area contributed by atoms with Crippen LogP contribution in [0.4, 0.5) is 11.4 Å². The van der Waals surface area contributed by atoms with Crippen molar-refractivity contribution < 1.29 is 72.4 Å². The van der Waals surface area contributed by atoms with Gasteiger partial charge in [-0.05, 0) is 98.2 Å². The molecule has 21 heteroatoms. The van der Waals surface area contributed by atoms with Gasteiger partial charge in [0, 0.05) is 53.8 Å². The normalized spacial score (nSPS) is 18.4. The van der Waals surface area contributed by atoms with Crippen LogP contribution in [0.5, 0.6) is 5.75 Å². The van der Waals surface area contributed by atoms with E-state index >= 15 is 0 Å². The van der Waals surface area contributed by atoms with Gasteiger partial charge < -0.3 is 43.3 Å². The van der Waals surface area contributed by atoms with Crippen LogP contribution in [0.1, 0.15) is 65.0 Å². The van der Waals surface area contributed by atoms with Crippen molar-refractivity contribution in [2.24, 2.45) is 5.41 Å². The molecule has 0 fully saturated rings. The first-order chi connectivity index (χ1) is 31.1. The zero-order valence-electron chi connectivity index (χ0n) is 38.6. The van der Waals surface area contributed by atoms with Crippen LogP contribution in [-0.4, -0.2) is 154 Å². The summed E-state index contributed by atoms with van der Waals surface area (Å²) >= 11 is 0. The Kier molecular flexibility index (Phi) is 21.1. The van der Waals surface area contributed by atoms with Crippen molar-refractivity contribution in [1.29, 1.82) is 0 Å². The molecule has 2 unspecified atom stereocenters. The van der Waals surface area contributed by atoms with Crippen LogP contribution in [0.15, 0.2) is 71.3 Å². The monoisotopic (exact) mass is 988 g/mol. The number of allylic oxidation sites excluding steroid dienone is 4. The summed E-state index contributed by atoms with van der Waals surface area (Å²) in [6, 6.07) is 10.2. The van der Waals surface area contributed by atoms with E-state index in [0.717, 1.165) is 16.8 Å². The van der Waals surface area contributed by atoms with E-state index in [9.17, 15) is 38.9 Å². The van der Waals surface area contributed by atoms with Crippen molar-refractivity contribution in [3.8, 4) is 5.75 Å². The van der Waals surface area contributed by atoms with Crippen LogP contribution in [0.2, 0.25) is 0 Å². The first kappa shape index (κ1) is 55.1. The molecule has 2 heterocycles. The molecule has 0 aromatic heterocycles. The summed E-state index contributed by atoms with van der Waals surface area (Å²) in [4.78, 5) is 3.66. The lowest BCUT2D eigenvalue weighted by molar-refractivity contribution is -0.0128. The van der Waals surface area contributed by atoms with Gasteiger partial charge in [-0.2, -0.15) is 25.3 Å². The summed E-state index contributed by atoms with van der Waals surface area (Å²) < 4.78 is 134. The van der Waals surface area contributed by atoms with Crippen molar-refractivity contribution in [2.75, 3.05) is 114 Å². The topological polar surface area (TPSA) is 245 Å². The summed E-state index contributed by atoms with van der Waals surface area (Å²) in [6.45, 7) is 14.8. The molecule has 372 valence electrons. The molecule has 2 atom stereocenters. The Balaban J connectivity index is 1.55. The Morgan fingerprint density at radius 1 is 0.788 bits per heavy atom. The summed E-state index contributed by atoms with van der Waals surface area (Å²) in [5.74, 6) is -0.235. The fourth-order valence-electron chi connectivity index (χ4n) is 7.88. The molecule has 0 saturated carbocycles. The number of nitrogens with zero attached hydrogens (tertiary/aromatic N) is 2. The molecule has 66 heavy (non-hydrogen) atoms. The molecule has 0 amide bonds. The van der Waals surface area contributed by atoms with Gasteiger partial charge in [-0.15, -0.1) is 0 Å². The fourth-order valence-corrected chi connectivity index (χ4v) is 9.39. The predicted molar refractivity (Wildman–Crippen MR) is 252 cm³/mol. The molecule has 18 nitrogen and oxygen atoms in total. The number of hydrogen-bond acceptors (Lipinski definition) is 15. The van der Waals surface area contributed by atoms with E-state index in [1.165, 1.54) is 12.1 Å². The zero-order valence-corrected chi connectivity index (χ0v) is 41.0. The van der Waals surface area contributed by atoms with Gasteiger partial charge in [-0.3, -0.25) is 13.7 Å². The average molecular weight is 989 g/mol. The first-order valence-corrected chi connectivity index (χ1v) is 26.7. The minimum atomic E-state index is -4.61. The molecule has 0 radical (unpaired) electrons. The average Bonchev–Trinajstić information content (AvgIpc) is 3.45. The molecule has 4 N–H and O–H groups in total. The molecule has 2 aromatic rings. The number of hydrogen-bond donors (Lipinski definition) is 4. The third-order valence-electron chi connectivity index (χ3n) is 11.1. The lowest BCUT2D eigenvalue weighted by Crippen LogP contribution is -2.31. The van der Waals surface area contributed by atoms with E-state index in [4.69, 9.17) is 33.5 Å². The van der Waals surface area contributed by atoms with E-state index in [0.29, 0.717) is 88.6 Å². The van der Waals surface area contributed by atoms with Crippen LogP contribution in [-0.2, 0) is 59.5 Å². The highest BCUT2D eigenvalue weighted by Crippen LogP contribution is 2.51. The largest absolute Gasteiger partial charge is 0.482 e. The maximum atomic E-state index is 12.4. The second-order valence-corrected chi connectivity index (χ2v) is 21.6. The SMILES string of the molecule is CCN(CCCS(=O)(=O)O)c1ccc2c(c1)OC(/C=C/C=C1/N(CCOCCOCCOCCOCCOCCO)c3ccc(S(=O)(=O)O)cc3C1(C)CCCS(=O)(=O)O)C=C2C(C)(C)C. The molecule has 0 saturated heterocycles. The summed E-state index contributed by atoms with van der Waals surface area (Å²) in [6.07, 6.45) is 7.56. The molecular weight excluding hydrogens is 921 g/mol. The predicted octanol–water partition coefficient (Wildman–Crippen LogP) is 5.19. The second kappa shape index (κ2) is 25.2. The molecular formula is C45H68N2O16S3. The van der Waals surface area contributed by atoms with Crippen molar-refractivity contribution in [1.82, 2.24) is 0 Å². The van der Waals surface area contributed by atoms with Crippen molar-refractivity contribution in [3.05, 3.63) is 77.5 Å². The molecule has 4 rings (SSSR count). The first-order valence-electron chi connectivity index (χ1n) is 22.0. The Bertz CT molecular complexity index is 2310. The lowest BCUT2D eigenvalue weighted by Gasteiger charge is -2.33. The lowest BCUT2D eigenvalue weighted by atomic mass is 9.77. The Labute approximate surface area is 390 Å². The molecule has 0 bridgehead atoms. The van der Waals surface area contributed by atoms with Gasteiger partial charge in [-0.1, -0.05) is 26.8 Å². The molecule has 2 aromatic carbocycles. The van der Waals surface area contributed by atoms with Gasteiger partial charge in [0.1, 0.15) is 11.9 Å². The third kappa shape index (κ3) is 17.3. The smallest absolute Gasteiger partial charge is 0.294 e. The third-order valence-corrected chi connectivity index (χ3v) is 13.5. The number of anilines is 2. The summed E-state index contributed by atoms with van der Waals surface area (Å²) in [5.41, 5.74) is 3.39. The van der Waals surface area contributed by atoms with Crippen molar-refractivity contribution in [3.63, 3.8) is 0 Å². The number of aliphatic hydroxyl groups is 1. The number of aliphatic hydroxyl groups excluding tert-OH is 1. The van der Waals surface area contributed by atoms with Gasteiger partial charge in [0.25, 0.3) is 30.4 Å². The Morgan fingerprint density at radius 2 is 1.36 bits per heavy atom. The fraction of sp³-hybridized carbons (Fsp3) is 0.600. The van der Waals surface area contributed by atoms with Crippen LogP contribution in [0, 0.1) is 5.41 Å². The highest BCUT2D eigenvalue weighted by Gasteiger charge is 2.44. The highest BCUT2D eigenvalue weighted by atomic mass is 32.2. The minimum absolute atomic E-state index is 0.0342. The maximum absolute atomic E-state index is 12.4. The quantitative estimate of drug-likeness (QED) is 0.0581. The second-order valence-electron chi connectivity index (χ2n) is 17.1. The van der Waals surface area contributed by atoms with Crippen LogP contribution in [0.25, 0.3) is 5.57 Å². The van der Waals surface area contributed by atoms with E-state index in [2.05, 4.69) is 20.8 Å². The van der Waals surface area contributed by atoms with E-state index in [1.54, 1.807) is 6.07 Å². The summed E-state index contributed by atoms with van der Waals surface area (Å²) in [5, 5.41) is 8.72. The molecule has 2 aliphatic rings. The van der Waals surface area contributed by atoms with Crippen molar-refractivity contribution in [2.45, 2.75) is 70.3 Å². The zero-order chi connectivity index (χ0) is 48.6. The highest BCUT2D eigenvalue weighted by molar-refractivity contribution is 7.86. The molecule has 0 spiro atoms. The molecule has 0 aliphatic carbocycles. The van der Waals surface area contributed by atoms with E-state index in [-0.39, 0.29) is 61.8 Å². The van der Waals surface area contributed by atoms with Crippen LogP contribution < -0.4 is 14.5 Å². The van der Waals surface area contributed by atoms with Gasteiger partial charge >= 0.3 is 0 Å². The van der Waals surface area contributed by atoms with E-state index < -0.39 is 47.6 Å². The number of fused-ring (bicyclic) bond motifs is 2. The Hall–Kier alpha value is -3.45. The Morgan fingerprint density at radius 3 is 1.91 bits per heavy atom. The number of benzene rings is 2. The van der Waals surface area contributed by atoms with Crippen LogP contribution in [0.3, 0.4) is 0 Å². The van der Waals surface area contributed by atoms with Gasteiger partial charge in [-0.25, -0.2) is 0 Å². The van der Waals surface area contributed by atoms with Crippen LogP contribution >= 0.6 is 0 Å².